The standard InChI is InChI=1S/C27H27N5O/c1-31-14-16-32(17-15-31)26-13-7-12-24-23(26)18-21(19-28-24)29-27(33)30-25-11-6-5-10-22(25)20-8-3-2-4-9-20/h2-13,18-19H,14-17H2,1H3,(H2,29,30,33). The second kappa shape index (κ2) is 9.30. The van der Waals surface area contributed by atoms with Gasteiger partial charge in [0.2, 0.25) is 0 Å². The van der Waals surface area contributed by atoms with Crippen LogP contribution in [0.4, 0.5) is 21.9 Å². The Balaban J connectivity index is 1.37. The zero-order valence-corrected chi connectivity index (χ0v) is 18.7. The second-order valence-electron chi connectivity index (χ2n) is 8.35. The van der Waals surface area contributed by atoms with Gasteiger partial charge in [0.1, 0.15) is 0 Å². The SMILES string of the molecule is CN1CCN(c2cccc3ncc(NC(=O)Nc4ccccc4-c4ccccc4)cc23)CC1. The number of hydrogen-bond acceptors (Lipinski definition) is 4. The minimum absolute atomic E-state index is 0.295. The van der Waals surface area contributed by atoms with E-state index in [0.29, 0.717) is 5.69 Å². The summed E-state index contributed by atoms with van der Waals surface area (Å²) in [4.78, 5) is 22.2. The van der Waals surface area contributed by atoms with Gasteiger partial charge in [0.25, 0.3) is 0 Å². The molecule has 166 valence electrons. The normalized spacial score (nSPS) is 14.3. The number of hydrogen-bond donors (Lipinski definition) is 2. The Bertz CT molecular complexity index is 1270. The maximum absolute atomic E-state index is 12.9. The molecule has 1 aromatic heterocycles. The summed E-state index contributed by atoms with van der Waals surface area (Å²) >= 11 is 0. The number of nitrogens with one attached hydrogen (secondary N) is 2. The lowest BCUT2D eigenvalue weighted by Gasteiger charge is -2.34. The van der Waals surface area contributed by atoms with E-state index in [1.807, 2.05) is 72.8 Å². The third-order valence-corrected chi connectivity index (χ3v) is 6.06. The van der Waals surface area contributed by atoms with E-state index in [9.17, 15) is 4.79 Å². The molecule has 5 rings (SSSR count). The van der Waals surface area contributed by atoms with Crippen molar-refractivity contribution in [1.29, 1.82) is 0 Å². The Morgan fingerprint density at radius 1 is 0.848 bits per heavy atom. The number of piperazine rings is 1. The summed E-state index contributed by atoms with van der Waals surface area (Å²) in [5.74, 6) is 0. The van der Waals surface area contributed by atoms with E-state index in [4.69, 9.17) is 0 Å². The van der Waals surface area contributed by atoms with Gasteiger partial charge in [0.05, 0.1) is 23.1 Å². The number of rotatable bonds is 4. The Morgan fingerprint density at radius 3 is 2.42 bits per heavy atom. The van der Waals surface area contributed by atoms with Crippen molar-refractivity contribution >= 4 is 34.0 Å². The van der Waals surface area contributed by atoms with Crippen LogP contribution < -0.4 is 15.5 Å². The summed E-state index contributed by atoms with van der Waals surface area (Å²) < 4.78 is 0. The predicted molar refractivity (Wildman–Crippen MR) is 136 cm³/mol. The molecule has 6 nitrogen and oxygen atoms in total. The van der Waals surface area contributed by atoms with Gasteiger partial charge in [-0.15, -0.1) is 0 Å². The van der Waals surface area contributed by atoms with Gasteiger partial charge in [-0.25, -0.2) is 4.79 Å². The van der Waals surface area contributed by atoms with E-state index in [1.54, 1.807) is 6.20 Å². The first kappa shape index (κ1) is 21.0. The molecule has 3 aromatic carbocycles. The summed E-state index contributed by atoms with van der Waals surface area (Å²) in [5.41, 5.74) is 5.53. The van der Waals surface area contributed by atoms with Gasteiger partial charge in [-0.2, -0.15) is 0 Å². The lowest BCUT2D eigenvalue weighted by molar-refractivity contribution is 0.262. The molecule has 0 saturated carbocycles. The number of para-hydroxylation sites is 1. The fourth-order valence-corrected chi connectivity index (χ4v) is 4.27. The molecular formula is C27H27N5O. The fourth-order valence-electron chi connectivity index (χ4n) is 4.27. The van der Waals surface area contributed by atoms with E-state index >= 15 is 0 Å². The molecular weight excluding hydrogens is 410 g/mol. The van der Waals surface area contributed by atoms with Gasteiger partial charge in [0.15, 0.2) is 0 Å². The lowest BCUT2D eigenvalue weighted by atomic mass is 10.0. The highest BCUT2D eigenvalue weighted by Gasteiger charge is 2.17. The molecule has 1 fully saturated rings. The molecule has 2 heterocycles. The van der Waals surface area contributed by atoms with Gasteiger partial charge >= 0.3 is 6.03 Å². The molecule has 1 aliphatic rings. The van der Waals surface area contributed by atoms with Crippen molar-refractivity contribution in [2.75, 3.05) is 48.8 Å². The number of carbonyl (C=O) groups excluding carboxylic acids is 1. The maximum Gasteiger partial charge on any atom is 0.323 e. The highest BCUT2D eigenvalue weighted by molar-refractivity contribution is 6.04. The number of aromatic nitrogens is 1. The number of fused-ring (bicyclic) bond motifs is 1. The van der Waals surface area contributed by atoms with Crippen LogP contribution in [0.3, 0.4) is 0 Å². The summed E-state index contributed by atoms with van der Waals surface area (Å²) in [5, 5.41) is 7.00. The molecule has 2 amide bonds. The Morgan fingerprint density at radius 2 is 1.61 bits per heavy atom. The van der Waals surface area contributed by atoms with E-state index in [0.717, 1.165) is 59.6 Å². The van der Waals surface area contributed by atoms with Crippen molar-refractivity contribution in [3.05, 3.63) is 85.1 Å². The fraction of sp³-hybridized carbons (Fsp3) is 0.185. The Kier molecular flexibility index (Phi) is 5.91. The van der Waals surface area contributed by atoms with Crippen LogP contribution >= 0.6 is 0 Å². The van der Waals surface area contributed by atoms with E-state index in [1.165, 1.54) is 0 Å². The van der Waals surface area contributed by atoms with Crippen LogP contribution in [-0.2, 0) is 0 Å². The molecule has 1 aliphatic heterocycles. The number of anilines is 3. The third-order valence-electron chi connectivity index (χ3n) is 6.06. The average molecular weight is 438 g/mol. The third kappa shape index (κ3) is 4.66. The average Bonchev–Trinajstić information content (AvgIpc) is 2.85. The van der Waals surface area contributed by atoms with Crippen LogP contribution in [0, 0.1) is 0 Å². The first-order valence-corrected chi connectivity index (χ1v) is 11.2. The molecule has 0 unspecified atom stereocenters. The topological polar surface area (TPSA) is 60.5 Å². The zero-order valence-electron chi connectivity index (χ0n) is 18.7. The van der Waals surface area contributed by atoms with Gasteiger partial charge in [-0.3, -0.25) is 4.98 Å². The summed E-state index contributed by atoms with van der Waals surface area (Å²) in [6.45, 7) is 4.02. The Hall–Kier alpha value is -3.90. The molecule has 33 heavy (non-hydrogen) atoms. The second-order valence-corrected chi connectivity index (χ2v) is 8.35. The molecule has 0 radical (unpaired) electrons. The number of carbonyl (C=O) groups is 1. The van der Waals surface area contributed by atoms with Crippen molar-refractivity contribution in [2.24, 2.45) is 0 Å². The Labute approximate surface area is 193 Å². The number of likely N-dealkylation sites (N-methyl/N-ethyl adjacent to an activating group) is 1. The summed E-state index contributed by atoms with van der Waals surface area (Å²) in [6, 6.07) is 25.7. The van der Waals surface area contributed by atoms with Crippen molar-refractivity contribution in [2.45, 2.75) is 0 Å². The van der Waals surface area contributed by atoms with Crippen LogP contribution in [0.5, 0.6) is 0 Å². The molecule has 0 bridgehead atoms. The van der Waals surface area contributed by atoms with Crippen molar-refractivity contribution in [3.63, 3.8) is 0 Å². The van der Waals surface area contributed by atoms with Gasteiger partial charge < -0.3 is 20.4 Å². The van der Waals surface area contributed by atoms with Crippen molar-refractivity contribution in [1.82, 2.24) is 9.88 Å². The number of amides is 2. The van der Waals surface area contributed by atoms with Crippen molar-refractivity contribution in [3.8, 4) is 11.1 Å². The largest absolute Gasteiger partial charge is 0.368 e. The molecule has 0 atom stereocenters. The number of nitrogens with zero attached hydrogens (tertiary/aromatic N) is 3. The van der Waals surface area contributed by atoms with Gasteiger partial charge in [-0.05, 0) is 36.9 Å². The molecule has 4 aromatic rings. The quantitative estimate of drug-likeness (QED) is 0.455. The summed E-state index contributed by atoms with van der Waals surface area (Å²) in [6.07, 6.45) is 1.71. The van der Waals surface area contributed by atoms with Crippen molar-refractivity contribution < 1.29 is 4.79 Å². The smallest absolute Gasteiger partial charge is 0.323 e. The predicted octanol–water partition coefficient (Wildman–Crippen LogP) is 5.30. The number of benzene rings is 3. The molecule has 2 N–H and O–H groups in total. The van der Waals surface area contributed by atoms with E-state index in [-0.39, 0.29) is 6.03 Å². The molecule has 6 heteroatoms. The molecule has 1 saturated heterocycles. The molecule has 0 spiro atoms. The first-order chi connectivity index (χ1) is 16.2. The number of urea groups is 1. The van der Waals surface area contributed by atoms with E-state index < -0.39 is 0 Å². The van der Waals surface area contributed by atoms with E-state index in [2.05, 4.69) is 38.5 Å². The lowest BCUT2D eigenvalue weighted by Crippen LogP contribution is -2.44. The maximum atomic E-state index is 12.9. The molecule has 0 aliphatic carbocycles. The minimum Gasteiger partial charge on any atom is -0.368 e. The first-order valence-electron chi connectivity index (χ1n) is 11.2. The van der Waals surface area contributed by atoms with Crippen LogP contribution in [0.15, 0.2) is 85.1 Å². The van der Waals surface area contributed by atoms with Gasteiger partial charge in [0, 0.05) is 42.8 Å². The van der Waals surface area contributed by atoms with Crippen LogP contribution in [0.1, 0.15) is 0 Å². The summed E-state index contributed by atoms with van der Waals surface area (Å²) in [7, 11) is 2.15. The highest BCUT2D eigenvalue weighted by Crippen LogP contribution is 2.30. The van der Waals surface area contributed by atoms with Gasteiger partial charge in [-0.1, -0.05) is 54.6 Å². The van der Waals surface area contributed by atoms with Crippen LogP contribution in [-0.4, -0.2) is 49.1 Å². The highest BCUT2D eigenvalue weighted by atomic mass is 16.2. The number of pyridine rings is 1. The monoisotopic (exact) mass is 437 g/mol. The zero-order chi connectivity index (χ0) is 22.6. The minimum atomic E-state index is -0.295. The van der Waals surface area contributed by atoms with Crippen LogP contribution in [0.25, 0.3) is 22.0 Å². The van der Waals surface area contributed by atoms with Crippen LogP contribution in [0.2, 0.25) is 0 Å².